The van der Waals surface area contributed by atoms with Crippen LogP contribution < -0.4 is 15.5 Å². The van der Waals surface area contributed by atoms with Crippen LogP contribution in [-0.4, -0.2) is 84.0 Å². The molecule has 0 unspecified atom stereocenters. The largest absolute Gasteiger partial charge is 0.465 e. The smallest absolute Gasteiger partial charge is 0.325 e. The van der Waals surface area contributed by atoms with Gasteiger partial charge in [0, 0.05) is 63.1 Å². The summed E-state index contributed by atoms with van der Waals surface area (Å²) in [6.45, 7) is 8.45. The fourth-order valence-electron chi connectivity index (χ4n) is 6.50. The van der Waals surface area contributed by atoms with E-state index in [9.17, 15) is 14.7 Å². The highest BCUT2D eigenvalue weighted by Gasteiger charge is 2.39. The molecule has 6 rings (SSSR count). The Labute approximate surface area is 298 Å². The van der Waals surface area contributed by atoms with E-state index in [1.54, 1.807) is 19.3 Å². The molecule has 3 aromatic carbocycles. The van der Waals surface area contributed by atoms with Gasteiger partial charge in [0.1, 0.15) is 6.54 Å². The van der Waals surface area contributed by atoms with Crippen LogP contribution in [0.3, 0.4) is 0 Å². The van der Waals surface area contributed by atoms with Crippen LogP contribution in [0.2, 0.25) is 0 Å². The number of aromatic nitrogens is 2. The molecule has 0 spiro atoms. The van der Waals surface area contributed by atoms with Crippen LogP contribution in [0.15, 0.2) is 91.3 Å². The number of ether oxygens (including phenoxy) is 3. The molecular formula is C39H46N6O6. The van der Waals surface area contributed by atoms with Crippen molar-refractivity contribution in [3.8, 4) is 11.1 Å². The van der Waals surface area contributed by atoms with Crippen molar-refractivity contribution in [2.75, 3.05) is 50.8 Å². The average Bonchev–Trinajstić information content (AvgIpc) is 3.18. The van der Waals surface area contributed by atoms with Crippen LogP contribution in [0.1, 0.15) is 48.5 Å². The van der Waals surface area contributed by atoms with Gasteiger partial charge in [-0.1, -0.05) is 67.6 Å². The SMILES string of the molecule is CCOC(=O)CNC(=O)NCc1cccc(-c2cccc([C@@H]3O[C@H](CN4CCN(c5ncccn5)CC4)[C@H](C)[C@H](c4ccc(CO)cc4)O3)c2)c1. The first-order valence-electron chi connectivity index (χ1n) is 17.5. The number of carbonyl (C=O) groups excluding carboxylic acids is 2. The molecule has 12 nitrogen and oxygen atoms in total. The molecule has 3 N–H and O–H groups in total. The van der Waals surface area contributed by atoms with Gasteiger partial charge in [-0.05, 0) is 52.9 Å². The number of aliphatic hydroxyl groups excluding tert-OH is 1. The summed E-state index contributed by atoms with van der Waals surface area (Å²) in [5, 5.41) is 15.0. The van der Waals surface area contributed by atoms with Gasteiger partial charge in [-0.15, -0.1) is 0 Å². The minimum atomic E-state index is -0.597. The maximum atomic E-state index is 12.2. The number of amides is 2. The number of nitrogens with zero attached hydrogens (tertiary/aromatic N) is 4. The van der Waals surface area contributed by atoms with E-state index in [4.69, 9.17) is 14.2 Å². The highest BCUT2D eigenvalue weighted by molar-refractivity contribution is 5.80. The first-order chi connectivity index (χ1) is 24.9. The van der Waals surface area contributed by atoms with Gasteiger partial charge in [-0.2, -0.15) is 0 Å². The number of aliphatic hydroxyl groups is 1. The van der Waals surface area contributed by atoms with Crippen LogP contribution >= 0.6 is 0 Å². The second-order valence-corrected chi connectivity index (χ2v) is 12.8. The lowest BCUT2D eigenvalue weighted by Crippen LogP contribution is -2.51. The molecule has 268 valence electrons. The number of esters is 1. The van der Waals surface area contributed by atoms with Crippen molar-refractivity contribution in [2.45, 2.75) is 45.5 Å². The van der Waals surface area contributed by atoms with Crippen molar-refractivity contribution < 1.29 is 28.9 Å². The normalized spacial score (nSPS) is 20.8. The Morgan fingerprint density at radius 2 is 1.59 bits per heavy atom. The van der Waals surface area contributed by atoms with Crippen LogP contribution in [0.5, 0.6) is 0 Å². The predicted molar refractivity (Wildman–Crippen MR) is 192 cm³/mol. The average molecular weight is 695 g/mol. The van der Waals surface area contributed by atoms with E-state index in [-0.39, 0.29) is 37.9 Å². The molecule has 1 aromatic heterocycles. The lowest BCUT2D eigenvalue weighted by Gasteiger charge is -2.44. The molecule has 51 heavy (non-hydrogen) atoms. The first kappa shape index (κ1) is 35.9. The third kappa shape index (κ3) is 9.47. The molecule has 0 radical (unpaired) electrons. The van der Waals surface area contributed by atoms with Gasteiger partial charge in [-0.3, -0.25) is 9.69 Å². The molecule has 4 atom stereocenters. The van der Waals surface area contributed by atoms with Crippen molar-refractivity contribution in [3.63, 3.8) is 0 Å². The van der Waals surface area contributed by atoms with E-state index < -0.39 is 18.3 Å². The molecule has 0 aliphatic carbocycles. The van der Waals surface area contributed by atoms with E-state index in [0.717, 1.165) is 72.1 Å². The summed E-state index contributed by atoms with van der Waals surface area (Å²) >= 11 is 0. The zero-order valence-corrected chi connectivity index (χ0v) is 29.1. The topological polar surface area (TPSA) is 138 Å². The van der Waals surface area contributed by atoms with Gasteiger partial charge in [0.25, 0.3) is 0 Å². The Hall–Kier alpha value is -4.88. The molecule has 12 heteroatoms. The summed E-state index contributed by atoms with van der Waals surface area (Å²) in [6, 6.07) is 25.5. The maximum Gasteiger partial charge on any atom is 0.325 e. The van der Waals surface area contributed by atoms with E-state index >= 15 is 0 Å². The second-order valence-electron chi connectivity index (χ2n) is 12.8. The number of anilines is 1. The Morgan fingerprint density at radius 3 is 2.31 bits per heavy atom. The highest BCUT2D eigenvalue weighted by atomic mass is 16.7. The summed E-state index contributed by atoms with van der Waals surface area (Å²) in [5.41, 5.74) is 5.70. The number of benzene rings is 3. The van der Waals surface area contributed by atoms with Crippen molar-refractivity contribution in [2.24, 2.45) is 5.92 Å². The summed E-state index contributed by atoms with van der Waals surface area (Å²) in [5.74, 6) is 0.348. The zero-order chi connectivity index (χ0) is 35.6. The van der Waals surface area contributed by atoms with E-state index in [0.29, 0.717) is 6.54 Å². The number of urea groups is 1. The van der Waals surface area contributed by atoms with Crippen LogP contribution in [0.25, 0.3) is 11.1 Å². The van der Waals surface area contributed by atoms with Gasteiger partial charge >= 0.3 is 12.0 Å². The van der Waals surface area contributed by atoms with Gasteiger partial charge in [0.2, 0.25) is 5.95 Å². The van der Waals surface area contributed by atoms with Gasteiger partial charge in [0.15, 0.2) is 6.29 Å². The van der Waals surface area contributed by atoms with Crippen molar-refractivity contribution >= 4 is 17.9 Å². The number of carbonyl (C=O) groups is 2. The Kier molecular flexibility index (Phi) is 12.2. The van der Waals surface area contributed by atoms with Gasteiger partial charge in [-0.25, -0.2) is 14.8 Å². The quantitative estimate of drug-likeness (QED) is 0.180. The Bertz CT molecular complexity index is 1730. The van der Waals surface area contributed by atoms with E-state index in [2.05, 4.69) is 43.4 Å². The van der Waals surface area contributed by atoms with Crippen LogP contribution in [0, 0.1) is 5.92 Å². The standard InChI is InChI=1S/C39H46N6O6/c1-3-49-35(47)24-43-39(48)42-23-29-7-4-8-31(21-29)32-9-5-10-33(22-32)37-50-34(27(2)36(51-37)30-13-11-28(26-46)12-14-30)25-44-17-19-45(20-18-44)38-40-15-6-16-41-38/h4-16,21-22,27,34,36-37,46H,3,17-20,23-26H2,1-2H3,(H2,42,43,48)/t27-,34+,36+,37+/m0/s1. The summed E-state index contributed by atoms with van der Waals surface area (Å²) in [6.07, 6.45) is 2.65. The number of nitrogens with one attached hydrogen (secondary N) is 2. The Morgan fingerprint density at radius 1 is 0.863 bits per heavy atom. The van der Waals surface area contributed by atoms with Crippen molar-refractivity contribution in [3.05, 3.63) is 114 Å². The molecule has 2 amide bonds. The maximum absolute atomic E-state index is 12.2. The summed E-state index contributed by atoms with van der Waals surface area (Å²) < 4.78 is 18.4. The second kappa shape index (κ2) is 17.4. The molecule has 2 aliphatic heterocycles. The van der Waals surface area contributed by atoms with Gasteiger partial charge < -0.3 is 34.9 Å². The molecule has 2 fully saturated rings. The third-order valence-corrected chi connectivity index (χ3v) is 9.34. The molecular weight excluding hydrogens is 648 g/mol. The number of hydrogen-bond donors (Lipinski definition) is 3. The molecule has 3 heterocycles. The Balaban J connectivity index is 1.16. The van der Waals surface area contributed by atoms with Crippen molar-refractivity contribution in [1.29, 1.82) is 0 Å². The molecule has 0 bridgehead atoms. The van der Waals surface area contributed by atoms with E-state index in [1.807, 2.05) is 72.8 Å². The summed E-state index contributed by atoms with van der Waals surface area (Å²) in [7, 11) is 0. The van der Waals surface area contributed by atoms with Crippen molar-refractivity contribution in [1.82, 2.24) is 25.5 Å². The third-order valence-electron chi connectivity index (χ3n) is 9.34. The predicted octanol–water partition coefficient (Wildman–Crippen LogP) is 4.61. The molecule has 0 saturated carbocycles. The minimum absolute atomic E-state index is 0.0115. The minimum Gasteiger partial charge on any atom is -0.465 e. The first-order valence-corrected chi connectivity index (χ1v) is 17.5. The number of hydrogen-bond acceptors (Lipinski definition) is 10. The fourth-order valence-corrected chi connectivity index (χ4v) is 6.50. The number of rotatable bonds is 12. The molecule has 4 aromatic rings. The number of piperazine rings is 1. The molecule has 2 aliphatic rings. The lowest BCUT2D eigenvalue weighted by molar-refractivity contribution is -0.276. The monoisotopic (exact) mass is 694 g/mol. The van der Waals surface area contributed by atoms with Gasteiger partial charge in [0.05, 0.1) is 25.4 Å². The van der Waals surface area contributed by atoms with E-state index in [1.165, 1.54) is 0 Å². The molecule has 2 saturated heterocycles. The zero-order valence-electron chi connectivity index (χ0n) is 29.1. The highest BCUT2D eigenvalue weighted by Crippen LogP contribution is 2.42. The summed E-state index contributed by atoms with van der Waals surface area (Å²) in [4.78, 5) is 37.3. The lowest BCUT2D eigenvalue weighted by atomic mass is 9.89. The van der Waals surface area contributed by atoms with Crippen LogP contribution in [0.4, 0.5) is 10.7 Å². The fraction of sp³-hybridized carbons (Fsp3) is 0.385. The van der Waals surface area contributed by atoms with Crippen LogP contribution in [-0.2, 0) is 32.2 Å².